The number of ether oxygens (including phenoxy) is 1. The molecule has 0 saturated heterocycles. The number of fused-ring (bicyclic) bond motifs is 1. The third-order valence-corrected chi connectivity index (χ3v) is 4.33. The largest absolute Gasteiger partial charge is 0.494 e. The first-order chi connectivity index (χ1) is 11.6. The first-order valence-corrected chi connectivity index (χ1v) is 8.49. The van der Waals surface area contributed by atoms with Crippen LogP contribution < -0.4 is 4.74 Å². The van der Waals surface area contributed by atoms with E-state index in [1.54, 1.807) is 0 Å². The fourth-order valence-electron chi connectivity index (χ4n) is 2.95. The van der Waals surface area contributed by atoms with Crippen LogP contribution in [-0.4, -0.2) is 38.7 Å². The molecule has 1 aliphatic rings. The summed E-state index contributed by atoms with van der Waals surface area (Å²) in [5, 5.41) is 8.21. The molecule has 1 aliphatic heterocycles. The summed E-state index contributed by atoms with van der Waals surface area (Å²) in [7, 11) is 0. The fourth-order valence-corrected chi connectivity index (χ4v) is 2.95. The Morgan fingerprint density at radius 2 is 2.08 bits per heavy atom. The van der Waals surface area contributed by atoms with Gasteiger partial charge in [-0.25, -0.2) is 0 Å². The van der Waals surface area contributed by atoms with Crippen molar-refractivity contribution in [2.24, 2.45) is 0 Å². The topological polar surface area (TPSA) is 60.2 Å². The van der Waals surface area contributed by atoms with Crippen LogP contribution in [0.4, 0.5) is 0 Å². The van der Waals surface area contributed by atoms with Gasteiger partial charge in [-0.3, -0.25) is 4.79 Å². The van der Waals surface area contributed by atoms with Gasteiger partial charge in [0.1, 0.15) is 11.6 Å². The van der Waals surface area contributed by atoms with Crippen molar-refractivity contribution in [2.75, 3.05) is 13.2 Å². The summed E-state index contributed by atoms with van der Waals surface area (Å²) < 4.78 is 7.80. The smallest absolute Gasteiger partial charge is 0.223 e. The normalized spacial score (nSPS) is 13.7. The van der Waals surface area contributed by atoms with E-state index in [0.29, 0.717) is 19.6 Å². The van der Waals surface area contributed by atoms with E-state index in [9.17, 15) is 4.79 Å². The van der Waals surface area contributed by atoms with Crippen molar-refractivity contribution >= 4 is 5.91 Å². The summed E-state index contributed by atoms with van der Waals surface area (Å²) >= 11 is 0. The summed E-state index contributed by atoms with van der Waals surface area (Å²) in [5.74, 6) is 2.89. The van der Waals surface area contributed by atoms with E-state index in [1.165, 1.54) is 5.56 Å². The number of benzene rings is 1. The fraction of sp³-hybridized carbons (Fsp3) is 0.500. The van der Waals surface area contributed by atoms with E-state index < -0.39 is 0 Å². The van der Waals surface area contributed by atoms with Crippen LogP contribution >= 0.6 is 0 Å². The van der Waals surface area contributed by atoms with Gasteiger partial charge in [-0.1, -0.05) is 12.1 Å². The van der Waals surface area contributed by atoms with E-state index in [1.807, 2.05) is 43.0 Å². The molecular weight excluding hydrogens is 304 g/mol. The maximum atomic E-state index is 12.3. The lowest BCUT2D eigenvalue weighted by molar-refractivity contribution is -0.132. The monoisotopic (exact) mass is 328 g/mol. The van der Waals surface area contributed by atoms with E-state index in [-0.39, 0.29) is 5.91 Å². The van der Waals surface area contributed by atoms with Gasteiger partial charge in [-0.15, -0.1) is 10.2 Å². The van der Waals surface area contributed by atoms with E-state index in [4.69, 9.17) is 4.74 Å². The lowest BCUT2D eigenvalue weighted by Gasteiger charge is -2.27. The molecule has 0 radical (unpaired) electrons. The molecule has 128 valence electrons. The van der Waals surface area contributed by atoms with Crippen molar-refractivity contribution in [3.63, 3.8) is 0 Å². The number of rotatable bonds is 6. The third kappa shape index (κ3) is 3.93. The highest BCUT2D eigenvalue weighted by Crippen LogP contribution is 2.15. The molecular formula is C18H24N4O2. The van der Waals surface area contributed by atoms with Crippen molar-refractivity contribution < 1.29 is 9.53 Å². The van der Waals surface area contributed by atoms with Gasteiger partial charge in [0.15, 0.2) is 5.82 Å². The second-order valence-electron chi connectivity index (χ2n) is 6.25. The summed E-state index contributed by atoms with van der Waals surface area (Å²) in [6.45, 7) is 6.74. The zero-order chi connectivity index (χ0) is 16.9. The Hall–Kier alpha value is -2.37. The molecule has 2 aromatic rings. The van der Waals surface area contributed by atoms with E-state index >= 15 is 0 Å². The number of carbonyl (C=O) groups excluding carboxylic acids is 1. The number of amides is 1. The first kappa shape index (κ1) is 16.5. The van der Waals surface area contributed by atoms with Gasteiger partial charge in [0.25, 0.3) is 0 Å². The second kappa shape index (κ2) is 7.47. The molecule has 1 aromatic heterocycles. The highest BCUT2D eigenvalue weighted by Gasteiger charge is 2.22. The van der Waals surface area contributed by atoms with Gasteiger partial charge in [-0.2, -0.15) is 0 Å². The van der Waals surface area contributed by atoms with Gasteiger partial charge in [0.2, 0.25) is 5.91 Å². The van der Waals surface area contributed by atoms with Crippen molar-refractivity contribution in [1.29, 1.82) is 0 Å². The van der Waals surface area contributed by atoms with E-state index in [2.05, 4.69) is 14.8 Å². The van der Waals surface area contributed by atoms with Crippen LogP contribution in [0.1, 0.15) is 36.5 Å². The highest BCUT2D eigenvalue weighted by molar-refractivity contribution is 5.76. The summed E-state index contributed by atoms with van der Waals surface area (Å²) in [6.07, 6.45) is 2.28. The van der Waals surface area contributed by atoms with Crippen molar-refractivity contribution in [3.05, 3.63) is 41.5 Å². The van der Waals surface area contributed by atoms with Crippen molar-refractivity contribution in [1.82, 2.24) is 19.7 Å². The Morgan fingerprint density at radius 1 is 1.21 bits per heavy atom. The molecule has 0 atom stereocenters. The zero-order valence-corrected chi connectivity index (χ0v) is 14.4. The van der Waals surface area contributed by atoms with E-state index in [0.717, 1.165) is 43.3 Å². The average Bonchev–Trinajstić information content (AvgIpc) is 2.95. The number of hydrogen-bond donors (Lipinski definition) is 0. The summed E-state index contributed by atoms with van der Waals surface area (Å²) in [6, 6.07) is 8.03. The minimum absolute atomic E-state index is 0.192. The van der Waals surface area contributed by atoms with Crippen LogP contribution in [0.25, 0.3) is 0 Å². The SMILES string of the molecule is Cc1cccc(OCCCCC(=O)N2CCn3c(C)nnc3C2)c1. The van der Waals surface area contributed by atoms with Crippen molar-refractivity contribution in [2.45, 2.75) is 46.2 Å². The average molecular weight is 328 g/mol. The van der Waals surface area contributed by atoms with Crippen LogP contribution in [0.15, 0.2) is 24.3 Å². The Balaban J connectivity index is 1.37. The maximum absolute atomic E-state index is 12.3. The second-order valence-corrected chi connectivity index (χ2v) is 6.25. The van der Waals surface area contributed by atoms with Crippen LogP contribution in [0, 0.1) is 13.8 Å². The number of carbonyl (C=O) groups is 1. The molecule has 0 spiro atoms. The Labute approximate surface area is 142 Å². The van der Waals surface area contributed by atoms with Gasteiger partial charge in [-0.05, 0) is 44.4 Å². The lowest BCUT2D eigenvalue weighted by atomic mass is 10.2. The number of aryl methyl sites for hydroxylation is 2. The van der Waals surface area contributed by atoms with Crippen LogP contribution in [0.2, 0.25) is 0 Å². The standard InChI is InChI=1S/C18H24N4O2/c1-14-6-5-7-16(12-14)24-11-4-3-8-18(23)21-9-10-22-15(2)19-20-17(22)13-21/h5-7,12H,3-4,8-11,13H2,1-2H3. The van der Waals surface area contributed by atoms with Crippen LogP contribution in [0.5, 0.6) is 5.75 Å². The summed E-state index contributed by atoms with van der Waals surface area (Å²) in [4.78, 5) is 14.2. The molecule has 1 amide bonds. The van der Waals surface area contributed by atoms with Gasteiger partial charge in [0.05, 0.1) is 13.2 Å². The zero-order valence-electron chi connectivity index (χ0n) is 14.4. The first-order valence-electron chi connectivity index (χ1n) is 8.49. The Bertz CT molecular complexity index is 711. The molecule has 1 aromatic carbocycles. The third-order valence-electron chi connectivity index (χ3n) is 4.33. The number of unbranched alkanes of at least 4 members (excludes halogenated alkanes) is 1. The van der Waals surface area contributed by atoms with Gasteiger partial charge < -0.3 is 14.2 Å². The molecule has 2 heterocycles. The molecule has 0 bridgehead atoms. The molecule has 3 rings (SSSR count). The number of aromatic nitrogens is 3. The molecule has 0 fully saturated rings. The van der Waals surface area contributed by atoms with Crippen LogP contribution in [0.3, 0.4) is 0 Å². The molecule has 0 unspecified atom stereocenters. The predicted molar refractivity (Wildman–Crippen MR) is 90.7 cm³/mol. The van der Waals surface area contributed by atoms with Crippen molar-refractivity contribution in [3.8, 4) is 5.75 Å². The highest BCUT2D eigenvalue weighted by atomic mass is 16.5. The molecule has 0 aliphatic carbocycles. The number of nitrogens with zero attached hydrogens (tertiary/aromatic N) is 4. The molecule has 6 heteroatoms. The molecule has 0 saturated carbocycles. The minimum atomic E-state index is 0.192. The minimum Gasteiger partial charge on any atom is -0.494 e. The quantitative estimate of drug-likeness (QED) is 0.765. The van der Waals surface area contributed by atoms with Gasteiger partial charge >= 0.3 is 0 Å². The number of hydrogen-bond acceptors (Lipinski definition) is 4. The Morgan fingerprint density at radius 3 is 2.92 bits per heavy atom. The predicted octanol–water partition coefficient (Wildman–Crippen LogP) is 2.49. The lowest BCUT2D eigenvalue weighted by Crippen LogP contribution is -2.38. The summed E-state index contributed by atoms with van der Waals surface area (Å²) in [5.41, 5.74) is 1.19. The molecule has 24 heavy (non-hydrogen) atoms. The Kier molecular flexibility index (Phi) is 5.13. The molecule has 0 N–H and O–H groups in total. The van der Waals surface area contributed by atoms with Crippen LogP contribution in [-0.2, 0) is 17.9 Å². The molecule has 6 nitrogen and oxygen atoms in total. The maximum Gasteiger partial charge on any atom is 0.223 e. The van der Waals surface area contributed by atoms with Gasteiger partial charge in [0, 0.05) is 19.5 Å².